The lowest BCUT2D eigenvalue weighted by Gasteiger charge is -2.34. The zero-order valence-electron chi connectivity index (χ0n) is 16.5. The van der Waals surface area contributed by atoms with Gasteiger partial charge in [-0.25, -0.2) is 4.39 Å². The summed E-state index contributed by atoms with van der Waals surface area (Å²) in [5, 5.41) is 3.35. The van der Waals surface area contributed by atoms with E-state index in [9.17, 15) is 9.18 Å². The van der Waals surface area contributed by atoms with Crippen LogP contribution >= 0.6 is 0 Å². The maximum atomic E-state index is 13.3. The van der Waals surface area contributed by atoms with Crippen molar-refractivity contribution in [2.75, 3.05) is 44.7 Å². The van der Waals surface area contributed by atoms with E-state index in [1.54, 1.807) is 12.1 Å². The molecule has 0 radical (unpaired) electrons. The van der Waals surface area contributed by atoms with Gasteiger partial charge in [0.1, 0.15) is 5.82 Å². The maximum Gasteiger partial charge on any atom is 0.217 e. The molecular formula is C20H32FN5O. The van der Waals surface area contributed by atoms with E-state index in [0.29, 0.717) is 18.9 Å². The number of halogens is 1. The van der Waals surface area contributed by atoms with Crippen molar-refractivity contribution in [2.45, 2.75) is 32.6 Å². The summed E-state index contributed by atoms with van der Waals surface area (Å²) in [6.07, 6.45) is 3.40. The van der Waals surface area contributed by atoms with Gasteiger partial charge in [-0.2, -0.15) is 0 Å². The molecule has 1 amide bonds. The summed E-state index contributed by atoms with van der Waals surface area (Å²) in [6.45, 7) is 6.12. The van der Waals surface area contributed by atoms with Crippen LogP contribution in [0.15, 0.2) is 29.3 Å². The number of carbonyl (C=O) groups excluding carboxylic acids is 1. The molecule has 0 saturated carbocycles. The van der Waals surface area contributed by atoms with E-state index in [1.807, 2.05) is 18.0 Å². The summed E-state index contributed by atoms with van der Waals surface area (Å²) < 4.78 is 13.3. The molecule has 7 heteroatoms. The fourth-order valence-corrected chi connectivity index (χ4v) is 3.47. The van der Waals surface area contributed by atoms with Crippen molar-refractivity contribution in [3.8, 4) is 0 Å². The highest BCUT2D eigenvalue weighted by Gasteiger charge is 2.23. The molecule has 27 heavy (non-hydrogen) atoms. The Hall–Kier alpha value is -2.31. The van der Waals surface area contributed by atoms with Gasteiger partial charge in [-0.15, -0.1) is 0 Å². The van der Waals surface area contributed by atoms with Crippen LogP contribution in [-0.2, 0) is 4.79 Å². The molecule has 1 heterocycles. The van der Waals surface area contributed by atoms with Gasteiger partial charge in [0, 0.05) is 51.9 Å². The fraction of sp³-hybridized carbons (Fsp3) is 0.600. The molecule has 1 aliphatic rings. The number of piperidine rings is 1. The number of nitrogens with two attached hydrogens (primary N) is 1. The van der Waals surface area contributed by atoms with Crippen LogP contribution in [0.4, 0.5) is 10.1 Å². The van der Waals surface area contributed by atoms with Gasteiger partial charge in [-0.05, 0) is 50.3 Å². The predicted octanol–water partition coefficient (Wildman–Crippen LogP) is 2.20. The average Bonchev–Trinajstić information content (AvgIpc) is 2.63. The van der Waals surface area contributed by atoms with E-state index in [0.717, 1.165) is 57.1 Å². The number of primary amides is 1. The highest BCUT2D eigenvalue weighted by Crippen LogP contribution is 2.19. The molecule has 6 nitrogen and oxygen atoms in total. The van der Waals surface area contributed by atoms with Crippen LogP contribution in [-0.4, -0.2) is 56.5 Å². The number of guanidine groups is 1. The van der Waals surface area contributed by atoms with Crippen LogP contribution in [0.5, 0.6) is 0 Å². The second-order valence-corrected chi connectivity index (χ2v) is 7.12. The van der Waals surface area contributed by atoms with Crippen molar-refractivity contribution < 1.29 is 9.18 Å². The van der Waals surface area contributed by atoms with Crippen molar-refractivity contribution >= 4 is 17.6 Å². The summed E-state index contributed by atoms with van der Waals surface area (Å²) in [7, 11) is 1.96. The first-order chi connectivity index (χ1) is 13.0. The third-order valence-electron chi connectivity index (χ3n) is 4.81. The van der Waals surface area contributed by atoms with E-state index in [1.165, 1.54) is 6.07 Å². The SMILES string of the molecule is CCNC(=NCCCN(C)c1cccc(F)c1)N1CCCC(CC(N)=O)C1. The zero-order valence-corrected chi connectivity index (χ0v) is 16.5. The lowest BCUT2D eigenvalue weighted by molar-refractivity contribution is -0.119. The van der Waals surface area contributed by atoms with Crippen LogP contribution in [0.2, 0.25) is 0 Å². The van der Waals surface area contributed by atoms with Gasteiger partial charge in [0.05, 0.1) is 0 Å². The van der Waals surface area contributed by atoms with E-state index >= 15 is 0 Å². The monoisotopic (exact) mass is 377 g/mol. The third-order valence-corrected chi connectivity index (χ3v) is 4.81. The Morgan fingerprint density at radius 2 is 2.30 bits per heavy atom. The third kappa shape index (κ3) is 7.07. The first-order valence-corrected chi connectivity index (χ1v) is 9.78. The topological polar surface area (TPSA) is 74.0 Å². The highest BCUT2D eigenvalue weighted by atomic mass is 19.1. The van der Waals surface area contributed by atoms with Crippen molar-refractivity contribution in [1.29, 1.82) is 0 Å². The molecule has 3 N–H and O–H groups in total. The Morgan fingerprint density at radius 1 is 1.48 bits per heavy atom. The number of aliphatic imine (C=N–C) groups is 1. The number of benzene rings is 1. The molecule has 0 aromatic heterocycles. The molecule has 1 saturated heterocycles. The van der Waals surface area contributed by atoms with Crippen LogP contribution in [0.1, 0.15) is 32.6 Å². The first kappa shape index (κ1) is 21.0. The molecule has 1 fully saturated rings. The minimum absolute atomic E-state index is 0.220. The molecule has 1 aromatic rings. The number of amides is 1. The van der Waals surface area contributed by atoms with Gasteiger partial charge >= 0.3 is 0 Å². The largest absolute Gasteiger partial charge is 0.374 e. The van der Waals surface area contributed by atoms with Gasteiger partial charge in [0.15, 0.2) is 5.96 Å². The van der Waals surface area contributed by atoms with E-state index < -0.39 is 0 Å². The van der Waals surface area contributed by atoms with Crippen LogP contribution < -0.4 is 16.0 Å². The Labute approximate surface area is 161 Å². The first-order valence-electron chi connectivity index (χ1n) is 9.78. The molecule has 1 aromatic carbocycles. The number of likely N-dealkylation sites (tertiary alicyclic amines) is 1. The summed E-state index contributed by atoms with van der Waals surface area (Å²) in [6, 6.07) is 6.62. The quantitative estimate of drug-likeness (QED) is 0.414. The number of carbonyl (C=O) groups is 1. The Kier molecular flexibility index (Phi) is 8.36. The number of rotatable bonds is 8. The minimum atomic E-state index is -0.232. The Bertz CT molecular complexity index is 637. The van der Waals surface area contributed by atoms with Crippen LogP contribution in [0.25, 0.3) is 0 Å². The van der Waals surface area contributed by atoms with Gasteiger partial charge < -0.3 is 20.9 Å². The normalized spacial score (nSPS) is 17.7. The molecule has 150 valence electrons. The van der Waals surface area contributed by atoms with Gasteiger partial charge in [-0.3, -0.25) is 9.79 Å². The van der Waals surface area contributed by atoms with Crippen LogP contribution in [0.3, 0.4) is 0 Å². The van der Waals surface area contributed by atoms with Gasteiger partial charge in [0.25, 0.3) is 0 Å². The van der Waals surface area contributed by atoms with E-state index in [-0.39, 0.29) is 11.7 Å². The minimum Gasteiger partial charge on any atom is -0.374 e. The summed E-state index contributed by atoms with van der Waals surface area (Å²) in [5.74, 6) is 0.755. The highest BCUT2D eigenvalue weighted by molar-refractivity contribution is 5.80. The van der Waals surface area contributed by atoms with Gasteiger partial charge in [0.2, 0.25) is 5.91 Å². The number of anilines is 1. The summed E-state index contributed by atoms with van der Waals surface area (Å²) >= 11 is 0. The summed E-state index contributed by atoms with van der Waals surface area (Å²) in [4.78, 5) is 20.2. The molecule has 1 unspecified atom stereocenters. The molecule has 2 rings (SSSR count). The average molecular weight is 378 g/mol. The second kappa shape index (κ2) is 10.7. The van der Waals surface area contributed by atoms with Gasteiger partial charge in [-0.1, -0.05) is 6.07 Å². The molecule has 0 bridgehead atoms. The van der Waals surface area contributed by atoms with E-state index in [2.05, 4.69) is 17.1 Å². The molecular weight excluding hydrogens is 345 g/mol. The van der Waals surface area contributed by atoms with Crippen molar-refractivity contribution in [2.24, 2.45) is 16.6 Å². The summed E-state index contributed by atoms with van der Waals surface area (Å²) in [5.41, 5.74) is 6.23. The van der Waals surface area contributed by atoms with Crippen molar-refractivity contribution in [1.82, 2.24) is 10.2 Å². The van der Waals surface area contributed by atoms with Crippen LogP contribution in [0, 0.1) is 11.7 Å². The standard InChI is InChI=1S/C20H32FN5O/c1-3-23-20(26-12-5-7-16(15-26)13-19(22)27)24-10-6-11-25(2)18-9-4-8-17(21)14-18/h4,8-9,14,16H,3,5-7,10-13,15H2,1-2H3,(H2,22,27)(H,23,24). The van der Waals surface area contributed by atoms with E-state index in [4.69, 9.17) is 10.7 Å². The number of hydrogen-bond donors (Lipinski definition) is 2. The lowest BCUT2D eigenvalue weighted by Crippen LogP contribution is -2.47. The molecule has 0 aliphatic carbocycles. The number of hydrogen-bond acceptors (Lipinski definition) is 3. The zero-order chi connectivity index (χ0) is 19.6. The van der Waals surface area contributed by atoms with Crippen molar-refractivity contribution in [3.05, 3.63) is 30.1 Å². The molecule has 0 spiro atoms. The predicted molar refractivity (Wildman–Crippen MR) is 108 cm³/mol. The smallest absolute Gasteiger partial charge is 0.217 e. The van der Waals surface area contributed by atoms with Crippen molar-refractivity contribution in [3.63, 3.8) is 0 Å². The second-order valence-electron chi connectivity index (χ2n) is 7.12. The number of nitrogens with zero attached hydrogens (tertiary/aromatic N) is 3. The lowest BCUT2D eigenvalue weighted by atomic mass is 9.95. The molecule has 1 atom stereocenters. The fourth-order valence-electron chi connectivity index (χ4n) is 3.47. The molecule has 1 aliphatic heterocycles. The number of nitrogens with one attached hydrogen (secondary N) is 1. The Balaban J connectivity index is 1.86. The maximum absolute atomic E-state index is 13.3. The Morgan fingerprint density at radius 3 is 3.00 bits per heavy atom.